The molecule has 2 heterocycles. The minimum absolute atomic E-state index is 0.237. The Morgan fingerprint density at radius 1 is 1.14 bits per heavy atom. The first-order valence-corrected chi connectivity index (χ1v) is 8.92. The Morgan fingerprint density at radius 3 is 2.18 bits per heavy atom. The zero-order valence-corrected chi connectivity index (χ0v) is 15.1. The molecule has 2 fully saturated rings. The summed E-state index contributed by atoms with van der Waals surface area (Å²) in [5.41, 5.74) is -0.237. The molecular formula is C18H34N2O2. The minimum atomic E-state index is -0.237. The van der Waals surface area contributed by atoms with Crippen molar-refractivity contribution in [1.29, 1.82) is 0 Å². The lowest BCUT2D eigenvalue weighted by Gasteiger charge is -2.40. The molecule has 1 amide bonds. The molecule has 0 aromatic rings. The van der Waals surface area contributed by atoms with Crippen molar-refractivity contribution in [3.63, 3.8) is 0 Å². The molecule has 1 unspecified atom stereocenters. The van der Waals surface area contributed by atoms with E-state index in [9.17, 15) is 4.79 Å². The molecule has 22 heavy (non-hydrogen) atoms. The Kier molecular flexibility index (Phi) is 5.89. The summed E-state index contributed by atoms with van der Waals surface area (Å²) in [6, 6.07) is 0.579. The molecule has 2 saturated heterocycles. The van der Waals surface area contributed by atoms with Crippen LogP contribution in [0, 0.1) is 17.3 Å². The number of ether oxygens (including phenoxy) is 1. The van der Waals surface area contributed by atoms with Crippen molar-refractivity contribution in [2.24, 2.45) is 17.3 Å². The van der Waals surface area contributed by atoms with Gasteiger partial charge in [-0.1, -0.05) is 20.8 Å². The second-order valence-corrected chi connectivity index (χ2v) is 8.12. The van der Waals surface area contributed by atoms with Crippen LogP contribution in [0.4, 0.5) is 0 Å². The van der Waals surface area contributed by atoms with Gasteiger partial charge in [-0.3, -0.25) is 9.69 Å². The summed E-state index contributed by atoms with van der Waals surface area (Å²) in [7, 11) is 0. The number of nitrogens with zero attached hydrogens (tertiary/aromatic N) is 2. The van der Waals surface area contributed by atoms with Gasteiger partial charge in [-0.15, -0.1) is 0 Å². The van der Waals surface area contributed by atoms with E-state index in [2.05, 4.69) is 44.4 Å². The van der Waals surface area contributed by atoms with E-state index in [0.29, 0.717) is 23.8 Å². The molecule has 0 aliphatic carbocycles. The monoisotopic (exact) mass is 310 g/mol. The Bertz CT molecular complexity index is 369. The average molecular weight is 310 g/mol. The maximum absolute atomic E-state index is 12.8. The first-order valence-electron chi connectivity index (χ1n) is 8.92. The number of carbonyl (C=O) groups is 1. The standard InChI is InChI=1S/C18H34N2O2/c1-14(2)19-8-10-20(11-9-19)17(21)18(4,5)7-6-15(3)16-12-22-13-16/h14-16H,6-13H2,1-5H3. The van der Waals surface area contributed by atoms with Gasteiger partial charge in [-0.25, -0.2) is 0 Å². The van der Waals surface area contributed by atoms with Crippen LogP contribution in [0.25, 0.3) is 0 Å². The van der Waals surface area contributed by atoms with Crippen molar-refractivity contribution in [3.05, 3.63) is 0 Å². The second-order valence-electron chi connectivity index (χ2n) is 8.12. The van der Waals surface area contributed by atoms with Crippen LogP contribution in [-0.4, -0.2) is 61.1 Å². The molecule has 2 aliphatic heterocycles. The van der Waals surface area contributed by atoms with Crippen LogP contribution in [0.3, 0.4) is 0 Å². The van der Waals surface area contributed by atoms with Gasteiger partial charge in [0.25, 0.3) is 0 Å². The highest BCUT2D eigenvalue weighted by Gasteiger charge is 2.35. The van der Waals surface area contributed by atoms with E-state index in [1.165, 1.54) is 0 Å². The Balaban J connectivity index is 1.79. The highest BCUT2D eigenvalue weighted by Crippen LogP contribution is 2.32. The summed E-state index contributed by atoms with van der Waals surface area (Å²) in [6.45, 7) is 16.6. The van der Waals surface area contributed by atoms with E-state index in [1.54, 1.807) is 0 Å². The molecule has 2 rings (SSSR count). The van der Waals surface area contributed by atoms with E-state index >= 15 is 0 Å². The van der Waals surface area contributed by atoms with E-state index in [1.807, 2.05) is 0 Å². The zero-order chi connectivity index (χ0) is 16.3. The number of hydrogen-bond donors (Lipinski definition) is 0. The third-order valence-corrected chi connectivity index (χ3v) is 5.60. The third kappa shape index (κ3) is 4.23. The SMILES string of the molecule is CC(CCC(C)(C)C(=O)N1CCN(C(C)C)CC1)C1COC1. The van der Waals surface area contributed by atoms with Gasteiger partial charge in [0, 0.05) is 43.6 Å². The number of carbonyl (C=O) groups excluding carboxylic acids is 1. The molecule has 0 spiro atoms. The molecule has 2 aliphatic rings. The number of amides is 1. The Hall–Kier alpha value is -0.610. The van der Waals surface area contributed by atoms with Crippen molar-refractivity contribution in [2.75, 3.05) is 39.4 Å². The fraction of sp³-hybridized carbons (Fsp3) is 0.944. The molecule has 0 bridgehead atoms. The topological polar surface area (TPSA) is 32.8 Å². The van der Waals surface area contributed by atoms with E-state index < -0.39 is 0 Å². The molecular weight excluding hydrogens is 276 g/mol. The zero-order valence-electron chi connectivity index (χ0n) is 15.1. The lowest BCUT2D eigenvalue weighted by molar-refractivity contribution is -0.143. The predicted octanol–water partition coefficient (Wildman–Crippen LogP) is 2.63. The fourth-order valence-corrected chi connectivity index (χ4v) is 3.38. The maximum Gasteiger partial charge on any atom is 0.228 e. The van der Waals surface area contributed by atoms with E-state index in [0.717, 1.165) is 52.2 Å². The quantitative estimate of drug-likeness (QED) is 0.756. The molecule has 0 saturated carbocycles. The van der Waals surface area contributed by atoms with Crippen LogP contribution in [0.2, 0.25) is 0 Å². The van der Waals surface area contributed by atoms with Crippen LogP contribution < -0.4 is 0 Å². The number of rotatable bonds is 6. The summed E-state index contributed by atoms with van der Waals surface area (Å²) in [5.74, 6) is 1.71. The molecule has 1 atom stereocenters. The fourth-order valence-electron chi connectivity index (χ4n) is 3.38. The lowest BCUT2D eigenvalue weighted by atomic mass is 9.80. The first-order chi connectivity index (χ1) is 10.3. The molecule has 0 aromatic carbocycles. The van der Waals surface area contributed by atoms with Crippen LogP contribution >= 0.6 is 0 Å². The summed E-state index contributed by atoms with van der Waals surface area (Å²) in [4.78, 5) is 17.4. The Morgan fingerprint density at radius 2 is 1.73 bits per heavy atom. The largest absolute Gasteiger partial charge is 0.381 e. The van der Waals surface area contributed by atoms with Gasteiger partial charge in [0.2, 0.25) is 5.91 Å². The maximum atomic E-state index is 12.8. The van der Waals surface area contributed by atoms with Crippen molar-refractivity contribution >= 4 is 5.91 Å². The lowest BCUT2D eigenvalue weighted by Crippen LogP contribution is -2.53. The molecule has 128 valence electrons. The predicted molar refractivity (Wildman–Crippen MR) is 89.8 cm³/mol. The minimum Gasteiger partial charge on any atom is -0.381 e. The van der Waals surface area contributed by atoms with E-state index in [-0.39, 0.29) is 5.41 Å². The van der Waals surface area contributed by atoms with Crippen molar-refractivity contribution in [3.8, 4) is 0 Å². The highest BCUT2D eigenvalue weighted by atomic mass is 16.5. The summed E-state index contributed by atoms with van der Waals surface area (Å²) >= 11 is 0. The normalized spacial score (nSPS) is 22.7. The van der Waals surface area contributed by atoms with Gasteiger partial charge >= 0.3 is 0 Å². The van der Waals surface area contributed by atoms with Crippen LogP contribution in [0.15, 0.2) is 0 Å². The van der Waals surface area contributed by atoms with Crippen molar-refractivity contribution < 1.29 is 9.53 Å². The molecule has 4 heteroatoms. The van der Waals surface area contributed by atoms with Crippen molar-refractivity contribution in [1.82, 2.24) is 9.80 Å². The number of piperazine rings is 1. The van der Waals surface area contributed by atoms with Crippen LogP contribution in [0.1, 0.15) is 47.5 Å². The molecule has 0 radical (unpaired) electrons. The molecule has 0 aromatic heterocycles. The smallest absolute Gasteiger partial charge is 0.228 e. The van der Waals surface area contributed by atoms with E-state index in [4.69, 9.17) is 4.74 Å². The molecule has 4 nitrogen and oxygen atoms in total. The van der Waals surface area contributed by atoms with Gasteiger partial charge in [0.1, 0.15) is 0 Å². The van der Waals surface area contributed by atoms with Gasteiger partial charge < -0.3 is 9.64 Å². The van der Waals surface area contributed by atoms with Crippen molar-refractivity contribution in [2.45, 2.75) is 53.5 Å². The van der Waals surface area contributed by atoms with Gasteiger partial charge in [0.15, 0.2) is 0 Å². The van der Waals surface area contributed by atoms with Crippen LogP contribution in [0.5, 0.6) is 0 Å². The summed E-state index contributed by atoms with van der Waals surface area (Å²) < 4.78 is 5.28. The summed E-state index contributed by atoms with van der Waals surface area (Å²) in [6.07, 6.45) is 2.10. The van der Waals surface area contributed by atoms with Gasteiger partial charge in [-0.2, -0.15) is 0 Å². The average Bonchev–Trinajstić information content (AvgIpc) is 2.42. The third-order valence-electron chi connectivity index (χ3n) is 5.60. The summed E-state index contributed by atoms with van der Waals surface area (Å²) in [5, 5.41) is 0. The first kappa shape index (κ1) is 17.7. The Labute approximate surface area is 136 Å². The second kappa shape index (κ2) is 7.31. The van der Waals surface area contributed by atoms with Crippen LogP contribution in [-0.2, 0) is 9.53 Å². The molecule has 0 N–H and O–H groups in total. The highest BCUT2D eigenvalue weighted by molar-refractivity contribution is 5.82. The van der Waals surface area contributed by atoms with Gasteiger partial charge in [-0.05, 0) is 32.6 Å². The number of hydrogen-bond acceptors (Lipinski definition) is 3. The van der Waals surface area contributed by atoms with Gasteiger partial charge in [0.05, 0.1) is 13.2 Å².